The molecule has 1 aromatic heterocycles. The van der Waals surface area contributed by atoms with Crippen molar-refractivity contribution in [1.82, 2.24) is 14.9 Å². The molecule has 0 amide bonds. The first-order valence-electron chi connectivity index (χ1n) is 8.24. The van der Waals surface area contributed by atoms with Crippen LogP contribution in [0.3, 0.4) is 0 Å². The second-order valence-electron chi connectivity index (χ2n) is 5.61. The van der Waals surface area contributed by atoms with E-state index in [2.05, 4.69) is 34.4 Å². The molecular formula is C19H20N4O2S. The van der Waals surface area contributed by atoms with E-state index in [0.29, 0.717) is 11.4 Å². The monoisotopic (exact) mass is 368 g/mol. The highest BCUT2D eigenvalue weighted by Gasteiger charge is 2.05. The smallest absolute Gasteiger partial charge is 0.216 e. The van der Waals surface area contributed by atoms with Crippen molar-refractivity contribution < 1.29 is 9.47 Å². The lowest BCUT2D eigenvalue weighted by Gasteiger charge is -2.11. The highest BCUT2D eigenvalue weighted by atomic mass is 32.1. The molecule has 0 bridgehead atoms. The fraction of sp³-hybridized carbons (Fsp3) is 0.211. The van der Waals surface area contributed by atoms with Gasteiger partial charge in [0.25, 0.3) is 0 Å². The van der Waals surface area contributed by atoms with Gasteiger partial charge in [-0.1, -0.05) is 19.1 Å². The van der Waals surface area contributed by atoms with Crippen LogP contribution >= 0.6 is 12.2 Å². The number of benzene rings is 2. The van der Waals surface area contributed by atoms with E-state index in [1.165, 1.54) is 16.6 Å². The van der Waals surface area contributed by atoms with Crippen LogP contribution in [-0.2, 0) is 13.0 Å². The number of nitrogens with zero attached hydrogens (tertiary/aromatic N) is 3. The molecule has 3 aromatic rings. The third-order valence-corrected chi connectivity index (χ3v) is 4.18. The summed E-state index contributed by atoms with van der Waals surface area (Å²) >= 11 is 5.07. The maximum absolute atomic E-state index is 5.90. The average molecular weight is 368 g/mol. The minimum Gasteiger partial charge on any atom is -0.496 e. The second-order valence-corrected chi connectivity index (χ2v) is 5.99. The Bertz CT molecular complexity index is 945. The molecule has 3 rings (SSSR count). The molecule has 2 aromatic carbocycles. The van der Waals surface area contributed by atoms with E-state index in [0.717, 1.165) is 29.0 Å². The Morgan fingerprint density at radius 1 is 1.23 bits per heavy atom. The van der Waals surface area contributed by atoms with Gasteiger partial charge in [0.05, 0.1) is 13.3 Å². The molecule has 0 fully saturated rings. The van der Waals surface area contributed by atoms with Gasteiger partial charge >= 0.3 is 0 Å². The summed E-state index contributed by atoms with van der Waals surface area (Å²) in [5.74, 6) is 1.60. The van der Waals surface area contributed by atoms with Gasteiger partial charge in [-0.3, -0.25) is 5.10 Å². The first-order chi connectivity index (χ1) is 12.7. The molecule has 7 heteroatoms. The number of hydrogen-bond donors (Lipinski definition) is 1. The summed E-state index contributed by atoms with van der Waals surface area (Å²) in [6.45, 7) is 2.53. The molecule has 26 heavy (non-hydrogen) atoms. The normalized spacial score (nSPS) is 11.0. The third kappa shape index (κ3) is 4.37. The number of aryl methyl sites for hydroxylation is 1. The van der Waals surface area contributed by atoms with Gasteiger partial charge in [0.1, 0.15) is 24.4 Å². The highest BCUT2D eigenvalue weighted by Crippen LogP contribution is 2.22. The Hall–Kier alpha value is -2.93. The average Bonchev–Trinajstić information content (AvgIpc) is 3.10. The first kappa shape index (κ1) is 17.9. The summed E-state index contributed by atoms with van der Waals surface area (Å²) in [7, 11) is 1.65. The van der Waals surface area contributed by atoms with Crippen molar-refractivity contribution in [2.45, 2.75) is 20.0 Å². The molecule has 0 aliphatic carbocycles. The van der Waals surface area contributed by atoms with Gasteiger partial charge in [0.15, 0.2) is 0 Å². The maximum atomic E-state index is 5.90. The zero-order chi connectivity index (χ0) is 18.4. The fourth-order valence-corrected chi connectivity index (χ4v) is 2.57. The predicted molar refractivity (Wildman–Crippen MR) is 104 cm³/mol. The number of nitrogens with one attached hydrogen (secondary N) is 1. The molecule has 0 aliphatic rings. The van der Waals surface area contributed by atoms with Crippen molar-refractivity contribution in [3.8, 4) is 11.5 Å². The zero-order valence-corrected chi connectivity index (χ0v) is 15.5. The standard InChI is InChI=1S/C19H20N4O2S/c1-3-14-4-7-17(8-5-14)25-12-16-10-15(6-9-18(16)24-2)11-21-23-13-20-22-19(23)26/h4-11,13H,3,12H2,1-2H3,(H,22,26)/b21-11-. The van der Waals surface area contributed by atoms with Crippen LogP contribution in [0.4, 0.5) is 0 Å². The number of aromatic amines is 1. The summed E-state index contributed by atoms with van der Waals surface area (Å²) in [6, 6.07) is 13.9. The Labute approximate surface area is 157 Å². The molecule has 0 radical (unpaired) electrons. The van der Waals surface area contributed by atoms with Gasteiger partial charge in [-0.15, -0.1) is 0 Å². The minimum absolute atomic E-state index is 0.404. The van der Waals surface area contributed by atoms with Gasteiger partial charge < -0.3 is 9.47 Å². The van der Waals surface area contributed by atoms with Crippen LogP contribution in [0, 0.1) is 4.77 Å². The van der Waals surface area contributed by atoms with Crippen molar-refractivity contribution >= 4 is 18.4 Å². The lowest BCUT2D eigenvalue weighted by atomic mass is 10.1. The van der Waals surface area contributed by atoms with E-state index < -0.39 is 0 Å². The van der Waals surface area contributed by atoms with Crippen LogP contribution in [0.1, 0.15) is 23.6 Å². The van der Waals surface area contributed by atoms with Gasteiger partial charge in [0, 0.05) is 5.56 Å². The van der Waals surface area contributed by atoms with Crippen LogP contribution in [-0.4, -0.2) is 28.2 Å². The summed E-state index contributed by atoms with van der Waals surface area (Å²) in [6.07, 6.45) is 4.24. The Kier molecular flexibility index (Phi) is 5.80. The summed E-state index contributed by atoms with van der Waals surface area (Å²) in [5.41, 5.74) is 3.13. The molecule has 1 heterocycles. The van der Waals surface area contributed by atoms with Crippen molar-refractivity contribution in [2.75, 3.05) is 7.11 Å². The maximum Gasteiger partial charge on any atom is 0.216 e. The van der Waals surface area contributed by atoms with E-state index in [4.69, 9.17) is 21.7 Å². The summed E-state index contributed by atoms with van der Waals surface area (Å²) < 4.78 is 13.3. The van der Waals surface area contributed by atoms with Crippen molar-refractivity contribution in [2.24, 2.45) is 5.10 Å². The number of aromatic nitrogens is 3. The van der Waals surface area contributed by atoms with Crippen molar-refractivity contribution in [3.05, 3.63) is 70.3 Å². The number of methoxy groups -OCH3 is 1. The SMILES string of the molecule is CCc1ccc(OCc2cc(/C=N\n3cn[nH]c3=S)ccc2OC)cc1. The second kappa shape index (κ2) is 8.44. The van der Waals surface area contributed by atoms with Crippen LogP contribution in [0.25, 0.3) is 0 Å². The Balaban J connectivity index is 1.75. The predicted octanol–water partition coefficient (Wildman–Crippen LogP) is 3.97. The van der Waals surface area contributed by atoms with E-state index in [1.54, 1.807) is 13.3 Å². The molecule has 0 atom stereocenters. The molecule has 0 spiro atoms. The largest absolute Gasteiger partial charge is 0.496 e. The van der Waals surface area contributed by atoms with E-state index in [9.17, 15) is 0 Å². The number of ether oxygens (including phenoxy) is 2. The molecule has 0 aliphatic heterocycles. The van der Waals surface area contributed by atoms with Gasteiger partial charge in [-0.05, 0) is 60.1 Å². The van der Waals surface area contributed by atoms with E-state index >= 15 is 0 Å². The molecular weight excluding hydrogens is 348 g/mol. The molecule has 0 saturated carbocycles. The number of rotatable bonds is 7. The van der Waals surface area contributed by atoms with Crippen molar-refractivity contribution in [3.63, 3.8) is 0 Å². The lowest BCUT2D eigenvalue weighted by Crippen LogP contribution is -2.00. The van der Waals surface area contributed by atoms with E-state index in [-0.39, 0.29) is 0 Å². The molecule has 6 nitrogen and oxygen atoms in total. The summed E-state index contributed by atoms with van der Waals surface area (Å²) in [4.78, 5) is 0. The lowest BCUT2D eigenvalue weighted by molar-refractivity contribution is 0.296. The number of H-pyrrole nitrogens is 1. The first-order valence-corrected chi connectivity index (χ1v) is 8.65. The van der Waals surface area contributed by atoms with Crippen LogP contribution in [0.5, 0.6) is 11.5 Å². The number of hydrogen-bond acceptors (Lipinski definition) is 5. The van der Waals surface area contributed by atoms with E-state index in [1.807, 2.05) is 30.3 Å². The van der Waals surface area contributed by atoms with Crippen molar-refractivity contribution in [1.29, 1.82) is 0 Å². The molecule has 1 N–H and O–H groups in total. The molecule has 0 saturated heterocycles. The van der Waals surface area contributed by atoms with Crippen LogP contribution in [0.15, 0.2) is 53.9 Å². The van der Waals surface area contributed by atoms with Gasteiger partial charge in [-0.2, -0.15) is 14.9 Å². The van der Waals surface area contributed by atoms with Gasteiger partial charge in [-0.25, -0.2) is 0 Å². The quantitative estimate of drug-likeness (QED) is 0.506. The topological polar surface area (TPSA) is 64.4 Å². The van der Waals surface area contributed by atoms with Gasteiger partial charge in [0.2, 0.25) is 4.77 Å². The molecule has 134 valence electrons. The van der Waals surface area contributed by atoms with Crippen LogP contribution < -0.4 is 9.47 Å². The Morgan fingerprint density at radius 3 is 2.69 bits per heavy atom. The minimum atomic E-state index is 0.404. The highest BCUT2D eigenvalue weighted by molar-refractivity contribution is 7.71. The summed E-state index contributed by atoms with van der Waals surface area (Å²) in [5, 5.41) is 10.8. The third-order valence-electron chi connectivity index (χ3n) is 3.90. The Morgan fingerprint density at radius 2 is 2.04 bits per heavy atom. The zero-order valence-electron chi connectivity index (χ0n) is 14.7. The van der Waals surface area contributed by atoms with Crippen LogP contribution in [0.2, 0.25) is 0 Å². The fourth-order valence-electron chi connectivity index (χ4n) is 2.43. The molecule has 0 unspecified atom stereocenters.